The van der Waals surface area contributed by atoms with Crippen LogP contribution in [0.2, 0.25) is 0 Å². The van der Waals surface area contributed by atoms with Gasteiger partial charge >= 0.3 is 5.97 Å². The summed E-state index contributed by atoms with van der Waals surface area (Å²) in [4.78, 5) is 23.0. The molecular formula is C13H12FNO4. The molecule has 1 aromatic heterocycles. The quantitative estimate of drug-likeness (QED) is 0.878. The van der Waals surface area contributed by atoms with Crippen molar-refractivity contribution >= 4 is 16.9 Å². The number of fused-ring (bicyclic) bond motifs is 1. The fraction of sp³-hybridized carbons (Fsp3) is 0.231. The molecule has 100 valence electrons. The van der Waals surface area contributed by atoms with Crippen LogP contribution in [0.3, 0.4) is 0 Å². The minimum absolute atomic E-state index is 0.0900. The van der Waals surface area contributed by atoms with Gasteiger partial charge < -0.3 is 14.8 Å². The first-order valence-corrected chi connectivity index (χ1v) is 5.69. The standard InChI is InChI=1S/C13H12FNO4/c1-2-7-3-8-11(4-10(7)14)15(6-16)5-9(12(8)17)13(18)19/h3-5,16H,2,6H2,1H3,(H,18,19). The Morgan fingerprint density at radius 1 is 1.42 bits per heavy atom. The van der Waals surface area contributed by atoms with E-state index in [1.54, 1.807) is 6.92 Å². The number of carbonyl (C=O) groups is 1. The van der Waals surface area contributed by atoms with Crippen molar-refractivity contribution in [3.05, 3.63) is 45.5 Å². The summed E-state index contributed by atoms with van der Waals surface area (Å²) in [5.74, 6) is -1.86. The lowest BCUT2D eigenvalue weighted by Crippen LogP contribution is -2.19. The Morgan fingerprint density at radius 3 is 2.63 bits per heavy atom. The monoisotopic (exact) mass is 265 g/mol. The SMILES string of the molecule is CCc1cc2c(=O)c(C(=O)O)cn(CO)c2cc1F. The number of hydrogen-bond donors (Lipinski definition) is 2. The molecule has 1 heterocycles. The van der Waals surface area contributed by atoms with E-state index in [0.29, 0.717) is 12.0 Å². The highest BCUT2D eigenvalue weighted by Gasteiger charge is 2.16. The maximum Gasteiger partial charge on any atom is 0.341 e. The van der Waals surface area contributed by atoms with Gasteiger partial charge in [-0.2, -0.15) is 0 Å². The second kappa shape index (κ2) is 4.81. The Kier molecular flexibility index (Phi) is 3.35. The maximum absolute atomic E-state index is 13.7. The van der Waals surface area contributed by atoms with Crippen molar-refractivity contribution in [2.45, 2.75) is 20.1 Å². The van der Waals surface area contributed by atoms with Crippen LogP contribution in [0.15, 0.2) is 23.1 Å². The zero-order valence-corrected chi connectivity index (χ0v) is 10.2. The third kappa shape index (κ3) is 2.10. The van der Waals surface area contributed by atoms with Crippen LogP contribution in [-0.2, 0) is 13.2 Å². The zero-order valence-electron chi connectivity index (χ0n) is 10.2. The van der Waals surface area contributed by atoms with Crippen LogP contribution in [0, 0.1) is 5.82 Å². The molecule has 6 heteroatoms. The lowest BCUT2D eigenvalue weighted by Gasteiger charge is -2.11. The summed E-state index contributed by atoms with van der Waals surface area (Å²) in [5.41, 5.74) is -0.624. The molecule has 0 aliphatic heterocycles. The normalized spacial score (nSPS) is 10.9. The summed E-state index contributed by atoms with van der Waals surface area (Å²) in [7, 11) is 0. The van der Waals surface area contributed by atoms with Gasteiger partial charge in [-0.25, -0.2) is 9.18 Å². The second-order valence-corrected chi connectivity index (χ2v) is 4.10. The van der Waals surface area contributed by atoms with Gasteiger partial charge in [-0.1, -0.05) is 6.92 Å². The molecule has 2 rings (SSSR count). The first kappa shape index (κ1) is 13.2. The molecule has 0 unspecified atom stereocenters. The van der Waals surface area contributed by atoms with Crippen LogP contribution in [-0.4, -0.2) is 20.7 Å². The molecule has 0 radical (unpaired) electrons. The summed E-state index contributed by atoms with van der Waals surface area (Å²) >= 11 is 0. The smallest absolute Gasteiger partial charge is 0.341 e. The average Bonchev–Trinajstić information content (AvgIpc) is 2.38. The van der Waals surface area contributed by atoms with E-state index in [1.807, 2.05) is 0 Å². The number of aromatic carboxylic acids is 1. The molecule has 2 aromatic rings. The van der Waals surface area contributed by atoms with Gasteiger partial charge in [0.05, 0.1) is 5.52 Å². The predicted molar refractivity (Wildman–Crippen MR) is 66.7 cm³/mol. The van der Waals surface area contributed by atoms with Gasteiger partial charge in [0.25, 0.3) is 0 Å². The van der Waals surface area contributed by atoms with Crippen LogP contribution in [0.4, 0.5) is 4.39 Å². The Hall–Kier alpha value is -2.21. The summed E-state index contributed by atoms with van der Waals surface area (Å²) in [6, 6.07) is 2.48. The second-order valence-electron chi connectivity index (χ2n) is 4.10. The largest absolute Gasteiger partial charge is 0.477 e. The van der Waals surface area contributed by atoms with Gasteiger partial charge in [-0.3, -0.25) is 4.79 Å². The van der Waals surface area contributed by atoms with Crippen LogP contribution >= 0.6 is 0 Å². The number of carboxylic acid groups (broad SMARTS) is 1. The molecule has 1 aromatic carbocycles. The topological polar surface area (TPSA) is 79.5 Å². The third-order valence-corrected chi connectivity index (χ3v) is 3.01. The number of aliphatic hydroxyl groups is 1. The lowest BCUT2D eigenvalue weighted by atomic mass is 10.1. The zero-order chi connectivity index (χ0) is 14.2. The van der Waals surface area contributed by atoms with Crippen molar-refractivity contribution in [1.29, 1.82) is 0 Å². The number of benzene rings is 1. The Balaban J connectivity index is 2.95. The number of halogens is 1. The van der Waals surface area contributed by atoms with Gasteiger partial charge in [0.15, 0.2) is 0 Å². The summed E-state index contributed by atoms with van der Waals surface area (Å²) in [5, 5.41) is 18.2. The number of hydrogen-bond acceptors (Lipinski definition) is 3. The van der Waals surface area contributed by atoms with Crippen molar-refractivity contribution in [1.82, 2.24) is 4.57 Å². The fourth-order valence-electron chi connectivity index (χ4n) is 2.00. The van der Waals surface area contributed by atoms with Crippen LogP contribution in [0.1, 0.15) is 22.8 Å². The molecule has 0 atom stereocenters. The lowest BCUT2D eigenvalue weighted by molar-refractivity contribution is 0.0694. The molecule has 19 heavy (non-hydrogen) atoms. The number of aryl methyl sites for hydroxylation is 1. The highest BCUT2D eigenvalue weighted by Crippen LogP contribution is 2.18. The van der Waals surface area contributed by atoms with Crippen molar-refractivity contribution in [3.8, 4) is 0 Å². The average molecular weight is 265 g/mol. The minimum Gasteiger partial charge on any atom is -0.477 e. The molecule has 5 nitrogen and oxygen atoms in total. The van der Waals surface area contributed by atoms with Crippen molar-refractivity contribution < 1.29 is 19.4 Å². The Morgan fingerprint density at radius 2 is 2.11 bits per heavy atom. The number of rotatable bonds is 3. The molecule has 0 spiro atoms. The van der Waals surface area contributed by atoms with Crippen LogP contribution < -0.4 is 5.43 Å². The number of aromatic nitrogens is 1. The highest BCUT2D eigenvalue weighted by molar-refractivity contribution is 5.92. The summed E-state index contributed by atoms with van der Waals surface area (Å²) < 4.78 is 14.8. The summed E-state index contributed by atoms with van der Waals surface area (Å²) in [6.45, 7) is 1.19. The maximum atomic E-state index is 13.7. The number of nitrogens with zero attached hydrogens (tertiary/aromatic N) is 1. The minimum atomic E-state index is -1.38. The molecule has 0 saturated carbocycles. The Bertz CT molecular complexity index is 721. The third-order valence-electron chi connectivity index (χ3n) is 3.01. The molecule has 0 bridgehead atoms. The summed E-state index contributed by atoms with van der Waals surface area (Å²) in [6.07, 6.45) is 1.40. The number of aliphatic hydroxyl groups excluding tert-OH is 1. The first-order valence-electron chi connectivity index (χ1n) is 5.69. The van der Waals surface area contributed by atoms with Gasteiger partial charge in [-0.15, -0.1) is 0 Å². The molecular weight excluding hydrogens is 253 g/mol. The number of pyridine rings is 1. The van der Waals surface area contributed by atoms with E-state index < -0.39 is 29.5 Å². The van der Waals surface area contributed by atoms with E-state index >= 15 is 0 Å². The molecule has 0 fully saturated rings. The van der Waals surface area contributed by atoms with Crippen molar-refractivity contribution in [2.24, 2.45) is 0 Å². The first-order chi connectivity index (χ1) is 8.99. The fourth-order valence-corrected chi connectivity index (χ4v) is 2.00. The molecule has 0 aliphatic carbocycles. The van der Waals surface area contributed by atoms with Crippen molar-refractivity contribution in [2.75, 3.05) is 0 Å². The molecule has 0 aliphatic rings. The van der Waals surface area contributed by atoms with Crippen molar-refractivity contribution in [3.63, 3.8) is 0 Å². The van der Waals surface area contributed by atoms with Gasteiger partial charge in [0, 0.05) is 11.6 Å². The Labute approximate surface area is 107 Å². The number of carboxylic acids is 1. The van der Waals surface area contributed by atoms with E-state index in [-0.39, 0.29) is 10.9 Å². The predicted octanol–water partition coefficient (Wildman–Crippen LogP) is 1.35. The molecule has 0 amide bonds. The van der Waals surface area contributed by atoms with Crippen LogP contribution in [0.25, 0.3) is 10.9 Å². The van der Waals surface area contributed by atoms with Crippen LogP contribution in [0.5, 0.6) is 0 Å². The highest BCUT2D eigenvalue weighted by atomic mass is 19.1. The van der Waals surface area contributed by atoms with Gasteiger partial charge in [0.1, 0.15) is 18.1 Å². The van der Waals surface area contributed by atoms with Gasteiger partial charge in [0.2, 0.25) is 5.43 Å². The van der Waals surface area contributed by atoms with E-state index in [2.05, 4.69) is 0 Å². The molecule has 2 N–H and O–H groups in total. The molecule has 0 saturated heterocycles. The van der Waals surface area contributed by atoms with Gasteiger partial charge in [-0.05, 0) is 24.1 Å². The van der Waals surface area contributed by atoms with E-state index in [4.69, 9.17) is 5.11 Å². The van der Waals surface area contributed by atoms with E-state index in [0.717, 1.165) is 16.8 Å². The van der Waals surface area contributed by atoms with E-state index in [9.17, 15) is 19.1 Å². The van der Waals surface area contributed by atoms with E-state index in [1.165, 1.54) is 6.07 Å².